The zero-order chi connectivity index (χ0) is 11.4. The van der Waals surface area contributed by atoms with E-state index in [-0.39, 0.29) is 0 Å². The number of hydrogen-bond donors (Lipinski definition) is 1. The smallest absolute Gasteiger partial charge is 0.0320 e. The predicted octanol–water partition coefficient (Wildman–Crippen LogP) is 4.43. The lowest BCUT2D eigenvalue weighted by atomic mass is 10.0. The predicted molar refractivity (Wildman–Crippen MR) is 72.6 cm³/mol. The van der Waals surface area contributed by atoms with Crippen LogP contribution in [0.25, 0.3) is 0 Å². The van der Waals surface area contributed by atoms with E-state index in [0.717, 1.165) is 16.9 Å². The van der Waals surface area contributed by atoms with Crippen LogP contribution in [0.2, 0.25) is 0 Å². The lowest BCUT2D eigenvalue weighted by Gasteiger charge is -2.22. The maximum atomic E-state index is 3.79. The van der Waals surface area contributed by atoms with Crippen molar-refractivity contribution in [1.29, 1.82) is 0 Å². The molecule has 1 saturated carbocycles. The first kappa shape index (κ1) is 12.1. The Balaban J connectivity index is 2.00. The topological polar surface area (TPSA) is 12.0 Å². The summed E-state index contributed by atoms with van der Waals surface area (Å²) in [6.07, 6.45) is 6.67. The van der Waals surface area contributed by atoms with Crippen LogP contribution in [-0.2, 0) is 0 Å². The molecule has 2 rings (SSSR count). The monoisotopic (exact) mass is 281 g/mol. The van der Waals surface area contributed by atoms with Gasteiger partial charge in [0.15, 0.2) is 0 Å². The molecular formula is C14H20BrN. The molecule has 0 radical (unpaired) electrons. The average Bonchev–Trinajstić information content (AvgIpc) is 2.80. The largest absolute Gasteiger partial charge is 0.307 e. The molecule has 0 spiro atoms. The van der Waals surface area contributed by atoms with Crippen LogP contribution in [0, 0.1) is 0 Å². The van der Waals surface area contributed by atoms with Crippen molar-refractivity contribution in [2.75, 3.05) is 0 Å². The van der Waals surface area contributed by atoms with Gasteiger partial charge in [0.1, 0.15) is 0 Å². The lowest BCUT2D eigenvalue weighted by molar-refractivity contribution is 0.430. The van der Waals surface area contributed by atoms with Crippen LogP contribution < -0.4 is 5.32 Å². The Labute approximate surface area is 107 Å². The highest BCUT2D eigenvalue weighted by molar-refractivity contribution is 9.10. The summed E-state index contributed by atoms with van der Waals surface area (Å²) in [5.74, 6) is 0. The fraction of sp³-hybridized carbons (Fsp3) is 0.571. The van der Waals surface area contributed by atoms with Crippen molar-refractivity contribution in [3.8, 4) is 0 Å². The van der Waals surface area contributed by atoms with E-state index in [1.165, 1.54) is 31.2 Å². The van der Waals surface area contributed by atoms with Crippen LogP contribution in [-0.4, -0.2) is 6.04 Å². The van der Waals surface area contributed by atoms with Gasteiger partial charge in [0, 0.05) is 16.6 Å². The summed E-state index contributed by atoms with van der Waals surface area (Å²) in [6, 6.07) is 9.98. The maximum absolute atomic E-state index is 3.79. The van der Waals surface area contributed by atoms with E-state index < -0.39 is 0 Å². The molecule has 0 aromatic heterocycles. The quantitative estimate of drug-likeness (QED) is 0.861. The SMILES string of the molecule is CCC(NC1CCCC1)c1ccc(Br)cc1. The minimum Gasteiger partial charge on any atom is -0.307 e. The first-order valence-electron chi connectivity index (χ1n) is 6.31. The summed E-state index contributed by atoms with van der Waals surface area (Å²) >= 11 is 3.48. The zero-order valence-electron chi connectivity index (χ0n) is 9.88. The van der Waals surface area contributed by atoms with Gasteiger partial charge in [-0.15, -0.1) is 0 Å². The second-order valence-corrected chi connectivity index (χ2v) is 5.58. The molecule has 16 heavy (non-hydrogen) atoms. The number of hydrogen-bond acceptors (Lipinski definition) is 1. The molecule has 1 aromatic carbocycles. The van der Waals surface area contributed by atoms with Crippen molar-refractivity contribution in [3.63, 3.8) is 0 Å². The molecule has 0 amide bonds. The van der Waals surface area contributed by atoms with Gasteiger partial charge >= 0.3 is 0 Å². The minimum absolute atomic E-state index is 0.524. The van der Waals surface area contributed by atoms with Gasteiger partial charge in [0.05, 0.1) is 0 Å². The first-order valence-corrected chi connectivity index (χ1v) is 7.10. The molecule has 1 nitrogen and oxygen atoms in total. The van der Waals surface area contributed by atoms with E-state index >= 15 is 0 Å². The molecule has 88 valence electrons. The van der Waals surface area contributed by atoms with Crippen molar-refractivity contribution >= 4 is 15.9 Å². The highest BCUT2D eigenvalue weighted by Crippen LogP contribution is 2.24. The Morgan fingerprint density at radius 1 is 1.25 bits per heavy atom. The summed E-state index contributed by atoms with van der Waals surface area (Å²) in [4.78, 5) is 0. The third-order valence-corrected chi connectivity index (χ3v) is 4.00. The van der Waals surface area contributed by atoms with Crippen LogP contribution >= 0.6 is 15.9 Å². The summed E-state index contributed by atoms with van der Waals surface area (Å²) < 4.78 is 1.16. The third-order valence-electron chi connectivity index (χ3n) is 3.47. The molecule has 1 atom stereocenters. The van der Waals surface area contributed by atoms with Crippen LogP contribution in [0.5, 0.6) is 0 Å². The number of nitrogens with one attached hydrogen (secondary N) is 1. The van der Waals surface area contributed by atoms with Gasteiger partial charge in [-0.2, -0.15) is 0 Å². The molecule has 1 fully saturated rings. The molecule has 1 aliphatic carbocycles. The van der Waals surface area contributed by atoms with Gasteiger partial charge in [0.25, 0.3) is 0 Å². The molecular weight excluding hydrogens is 262 g/mol. The number of benzene rings is 1. The standard InChI is InChI=1S/C14H20BrN/c1-2-14(16-13-5-3-4-6-13)11-7-9-12(15)10-8-11/h7-10,13-14,16H,2-6H2,1H3. The molecule has 1 unspecified atom stereocenters. The van der Waals surface area contributed by atoms with Gasteiger partial charge in [-0.05, 0) is 37.0 Å². The second kappa shape index (κ2) is 5.83. The Kier molecular flexibility index (Phi) is 4.42. The van der Waals surface area contributed by atoms with E-state index in [1.807, 2.05) is 0 Å². The van der Waals surface area contributed by atoms with E-state index in [1.54, 1.807) is 0 Å². The molecule has 0 aliphatic heterocycles. The van der Waals surface area contributed by atoms with Gasteiger partial charge in [-0.1, -0.05) is 47.8 Å². The molecule has 0 heterocycles. The van der Waals surface area contributed by atoms with Crippen molar-refractivity contribution in [3.05, 3.63) is 34.3 Å². The van der Waals surface area contributed by atoms with Crippen molar-refractivity contribution in [2.24, 2.45) is 0 Å². The van der Waals surface area contributed by atoms with E-state index in [2.05, 4.69) is 52.4 Å². The van der Waals surface area contributed by atoms with Crippen LogP contribution in [0.15, 0.2) is 28.7 Å². The number of rotatable bonds is 4. The lowest BCUT2D eigenvalue weighted by Crippen LogP contribution is -2.30. The highest BCUT2D eigenvalue weighted by atomic mass is 79.9. The fourth-order valence-corrected chi connectivity index (χ4v) is 2.79. The van der Waals surface area contributed by atoms with E-state index in [4.69, 9.17) is 0 Å². The maximum Gasteiger partial charge on any atom is 0.0320 e. The van der Waals surface area contributed by atoms with Crippen LogP contribution in [0.3, 0.4) is 0 Å². The molecule has 1 N–H and O–H groups in total. The summed E-state index contributed by atoms with van der Waals surface area (Å²) in [6.45, 7) is 2.26. The molecule has 0 bridgehead atoms. The Hall–Kier alpha value is -0.340. The van der Waals surface area contributed by atoms with Crippen LogP contribution in [0.4, 0.5) is 0 Å². The number of halogens is 1. The second-order valence-electron chi connectivity index (χ2n) is 4.66. The molecule has 2 heteroatoms. The Morgan fingerprint density at radius 2 is 1.88 bits per heavy atom. The highest BCUT2D eigenvalue weighted by Gasteiger charge is 2.18. The van der Waals surface area contributed by atoms with Crippen molar-refractivity contribution < 1.29 is 0 Å². The zero-order valence-corrected chi connectivity index (χ0v) is 11.5. The third kappa shape index (κ3) is 3.08. The Bertz CT molecular complexity index is 314. The molecule has 1 aliphatic rings. The van der Waals surface area contributed by atoms with Gasteiger partial charge in [-0.25, -0.2) is 0 Å². The minimum atomic E-state index is 0.524. The van der Waals surface area contributed by atoms with Crippen LogP contribution in [0.1, 0.15) is 50.6 Å². The summed E-state index contributed by atoms with van der Waals surface area (Å²) in [7, 11) is 0. The first-order chi connectivity index (χ1) is 7.79. The van der Waals surface area contributed by atoms with Crippen molar-refractivity contribution in [2.45, 2.75) is 51.1 Å². The summed E-state index contributed by atoms with van der Waals surface area (Å²) in [5, 5.41) is 3.79. The molecule has 1 aromatic rings. The average molecular weight is 282 g/mol. The Morgan fingerprint density at radius 3 is 2.44 bits per heavy atom. The van der Waals surface area contributed by atoms with E-state index in [9.17, 15) is 0 Å². The summed E-state index contributed by atoms with van der Waals surface area (Å²) in [5.41, 5.74) is 1.41. The molecule has 0 saturated heterocycles. The van der Waals surface area contributed by atoms with Crippen molar-refractivity contribution in [1.82, 2.24) is 5.32 Å². The van der Waals surface area contributed by atoms with E-state index in [0.29, 0.717) is 6.04 Å². The van der Waals surface area contributed by atoms with Gasteiger partial charge < -0.3 is 5.32 Å². The van der Waals surface area contributed by atoms with Gasteiger partial charge in [-0.3, -0.25) is 0 Å². The normalized spacial score (nSPS) is 18.9. The fourth-order valence-electron chi connectivity index (χ4n) is 2.52. The van der Waals surface area contributed by atoms with Gasteiger partial charge in [0.2, 0.25) is 0 Å².